The molecule has 7 nitrogen and oxygen atoms in total. The van der Waals surface area contributed by atoms with Gasteiger partial charge in [0.15, 0.2) is 0 Å². The Bertz CT molecular complexity index is 718. The number of hydrogen-bond donors (Lipinski definition) is 0. The van der Waals surface area contributed by atoms with E-state index in [1.54, 1.807) is 17.3 Å². The summed E-state index contributed by atoms with van der Waals surface area (Å²) in [5.74, 6) is 1.41. The Morgan fingerprint density at radius 2 is 1.61 bits per heavy atom. The number of fused-ring (bicyclic) bond motifs is 2. The van der Waals surface area contributed by atoms with Crippen LogP contribution in [0, 0.1) is 17.8 Å². The summed E-state index contributed by atoms with van der Waals surface area (Å²) in [7, 11) is 0. The van der Waals surface area contributed by atoms with E-state index in [2.05, 4.69) is 19.8 Å². The molecular formula is C21H29N5O2. The fourth-order valence-corrected chi connectivity index (χ4v) is 5.71. The summed E-state index contributed by atoms with van der Waals surface area (Å²) < 4.78 is 0. The van der Waals surface area contributed by atoms with Crippen LogP contribution >= 0.6 is 0 Å². The van der Waals surface area contributed by atoms with Gasteiger partial charge in [-0.25, -0.2) is 9.97 Å². The van der Waals surface area contributed by atoms with Crippen molar-refractivity contribution < 1.29 is 9.59 Å². The smallest absolute Gasteiger partial charge is 0.233 e. The van der Waals surface area contributed by atoms with Gasteiger partial charge in [0.05, 0.1) is 11.8 Å². The summed E-state index contributed by atoms with van der Waals surface area (Å²) in [6.45, 7) is 4.49. The molecule has 28 heavy (non-hydrogen) atoms. The van der Waals surface area contributed by atoms with Gasteiger partial charge in [-0.1, -0.05) is 12.8 Å². The predicted octanol–water partition coefficient (Wildman–Crippen LogP) is 1.55. The third-order valence-electron chi connectivity index (χ3n) is 7.21. The highest BCUT2D eigenvalue weighted by Crippen LogP contribution is 2.39. The molecule has 1 saturated carbocycles. The minimum absolute atomic E-state index is 0.0213. The molecule has 0 spiro atoms. The van der Waals surface area contributed by atoms with E-state index >= 15 is 0 Å². The number of piperidine rings is 1. The molecule has 4 fully saturated rings. The van der Waals surface area contributed by atoms with Crippen molar-refractivity contribution in [3.8, 4) is 0 Å². The second-order valence-electron chi connectivity index (χ2n) is 8.87. The topological polar surface area (TPSA) is 69.6 Å². The maximum Gasteiger partial charge on any atom is 0.233 e. The van der Waals surface area contributed by atoms with Crippen LogP contribution in [0.1, 0.15) is 38.5 Å². The van der Waals surface area contributed by atoms with E-state index in [1.165, 1.54) is 0 Å². The van der Waals surface area contributed by atoms with E-state index in [1.807, 2.05) is 6.07 Å². The fourth-order valence-electron chi connectivity index (χ4n) is 5.71. The van der Waals surface area contributed by atoms with Crippen LogP contribution in [0.4, 0.5) is 5.95 Å². The van der Waals surface area contributed by atoms with Crippen LogP contribution in [-0.2, 0) is 9.59 Å². The first-order valence-corrected chi connectivity index (χ1v) is 10.8. The molecule has 0 radical (unpaired) electrons. The summed E-state index contributed by atoms with van der Waals surface area (Å²) in [4.78, 5) is 40.8. The van der Waals surface area contributed by atoms with Crippen LogP contribution in [0.2, 0.25) is 0 Å². The first kappa shape index (κ1) is 18.0. The van der Waals surface area contributed by atoms with Crippen molar-refractivity contribution in [2.24, 2.45) is 17.8 Å². The van der Waals surface area contributed by atoms with Crippen LogP contribution in [-0.4, -0.2) is 70.3 Å². The highest BCUT2D eigenvalue weighted by molar-refractivity contribution is 6.05. The second kappa shape index (κ2) is 7.43. The van der Waals surface area contributed by atoms with E-state index in [4.69, 9.17) is 0 Å². The molecule has 150 valence electrons. The van der Waals surface area contributed by atoms with E-state index in [9.17, 15) is 9.59 Å². The molecule has 2 unspecified atom stereocenters. The number of nitrogens with zero attached hydrogens (tertiary/aromatic N) is 5. The maximum atomic E-state index is 12.8. The Morgan fingerprint density at radius 1 is 0.893 bits per heavy atom. The number of carbonyl (C=O) groups excluding carboxylic acids is 2. The van der Waals surface area contributed by atoms with Crippen molar-refractivity contribution in [1.82, 2.24) is 19.8 Å². The zero-order chi connectivity index (χ0) is 19.1. The average Bonchev–Trinajstić information content (AvgIpc) is 2.99. The average molecular weight is 383 g/mol. The molecule has 4 heterocycles. The summed E-state index contributed by atoms with van der Waals surface area (Å²) in [5.41, 5.74) is 0. The van der Waals surface area contributed by atoms with Gasteiger partial charge in [-0.15, -0.1) is 0 Å². The quantitative estimate of drug-likeness (QED) is 0.738. The minimum Gasteiger partial charge on any atom is -0.338 e. The summed E-state index contributed by atoms with van der Waals surface area (Å²) in [6, 6.07) is 2.36. The number of likely N-dealkylation sites (tertiary alicyclic amines) is 1. The second-order valence-corrected chi connectivity index (χ2v) is 8.87. The van der Waals surface area contributed by atoms with Gasteiger partial charge in [0.2, 0.25) is 17.8 Å². The van der Waals surface area contributed by atoms with Gasteiger partial charge < -0.3 is 4.90 Å². The lowest BCUT2D eigenvalue weighted by atomic mass is 9.81. The first-order valence-electron chi connectivity index (χ1n) is 10.8. The van der Waals surface area contributed by atoms with Gasteiger partial charge in [0.25, 0.3) is 0 Å². The lowest BCUT2D eigenvalue weighted by molar-refractivity contribution is -0.141. The number of amides is 2. The van der Waals surface area contributed by atoms with Crippen LogP contribution in [0.3, 0.4) is 0 Å². The molecule has 4 atom stereocenters. The Kier molecular flexibility index (Phi) is 4.78. The lowest BCUT2D eigenvalue weighted by Gasteiger charge is -2.46. The van der Waals surface area contributed by atoms with Crippen LogP contribution in [0.25, 0.3) is 0 Å². The van der Waals surface area contributed by atoms with Crippen molar-refractivity contribution in [2.75, 3.05) is 37.6 Å². The van der Waals surface area contributed by atoms with Crippen LogP contribution in [0.15, 0.2) is 18.5 Å². The van der Waals surface area contributed by atoms with Crippen LogP contribution in [0.5, 0.6) is 0 Å². The Morgan fingerprint density at radius 3 is 2.32 bits per heavy atom. The number of hydrogen-bond acceptors (Lipinski definition) is 6. The van der Waals surface area contributed by atoms with Gasteiger partial charge in [-0.3, -0.25) is 19.4 Å². The molecule has 1 aromatic rings. The number of rotatable bonds is 3. The zero-order valence-electron chi connectivity index (χ0n) is 16.4. The summed E-state index contributed by atoms with van der Waals surface area (Å²) in [6.07, 6.45) is 9.78. The van der Waals surface area contributed by atoms with Gasteiger partial charge in [0.1, 0.15) is 0 Å². The van der Waals surface area contributed by atoms with Gasteiger partial charge in [0, 0.05) is 51.2 Å². The van der Waals surface area contributed by atoms with Crippen molar-refractivity contribution >= 4 is 17.8 Å². The SMILES string of the molecule is O=C1C2CCCCC2C(=O)N1C[C@H]1CC[C@H]2CN(c3ncccn3)CCN2C1. The molecule has 1 aliphatic carbocycles. The lowest BCUT2D eigenvalue weighted by Crippen LogP contribution is -2.57. The van der Waals surface area contributed by atoms with E-state index in [0.717, 1.165) is 70.7 Å². The Hall–Kier alpha value is -2.02. The van der Waals surface area contributed by atoms with Crippen LogP contribution < -0.4 is 4.90 Å². The molecule has 3 aliphatic heterocycles. The van der Waals surface area contributed by atoms with Gasteiger partial charge in [-0.2, -0.15) is 0 Å². The fraction of sp³-hybridized carbons (Fsp3) is 0.714. The number of aromatic nitrogens is 2. The van der Waals surface area contributed by atoms with E-state index in [0.29, 0.717) is 18.5 Å². The zero-order valence-corrected chi connectivity index (χ0v) is 16.4. The monoisotopic (exact) mass is 383 g/mol. The van der Waals surface area contributed by atoms with Gasteiger partial charge >= 0.3 is 0 Å². The van der Waals surface area contributed by atoms with Crippen molar-refractivity contribution in [3.63, 3.8) is 0 Å². The summed E-state index contributed by atoms with van der Waals surface area (Å²) in [5, 5.41) is 0. The molecule has 2 amide bonds. The molecule has 0 aromatic carbocycles. The molecule has 0 N–H and O–H groups in total. The highest BCUT2D eigenvalue weighted by Gasteiger charge is 2.48. The normalized spacial score (nSPS) is 33.7. The standard InChI is InChI=1S/C21H29N5O2/c27-19-17-4-1-2-5-18(17)20(28)26(19)13-15-6-7-16-14-25(11-10-24(16)12-15)21-22-8-3-9-23-21/h3,8-9,15-18H,1-2,4-7,10-14H2/t15-,16-,17?,18?/m0/s1. The summed E-state index contributed by atoms with van der Waals surface area (Å²) >= 11 is 0. The number of carbonyl (C=O) groups is 2. The Balaban J connectivity index is 1.19. The number of imide groups is 1. The Labute approximate surface area is 166 Å². The van der Waals surface area contributed by atoms with Gasteiger partial charge in [-0.05, 0) is 37.7 Å². The largest absolute Gasteiger partial charge is 0.338 e. The van der Waals surface area contributed by atoms with E-state index < -0.39 is 0 Å². The van der Waals surface area contributed by atoms with Crippen molar-refractivity contribution in [1.29, 1.82) is 0 Å². The molecule has 5 rings (SSSR count). The molecule has 4 aliphatic rings. The molecule has 1 aromatic heterocycles. The third kappa shape index (κ3) is 3.19. The van der Waals surface area contributed by atoms with Crippen molar-refractivity contribution in [3.05, 3.63) is 18.5 Å². The minimum atomic E-state index is -0.0213. The molecule has 3 saturated heterocycles. The number of piperazine rings is 1. The first-order chi connectivity index (χ1) is 13.7. The van der Waals surface area contributed by atoms with Crippen molar-refractivity contribution in [2.45, 2.75) is 44.6 Å². The number of anilines is 1. The third-order valence-corrected chi connectivity index (χ3v) is 7.21. The molecule has 0 bridgehead atoms. The molecule has 7 heteroatoms. The highest BCUT2D eigenvalue weighted by atomic mass is 16.2. The predicted molar refractivity (Wildman–Crippen MR) is 104 cm³/mol. The maximum absolute atomic E-state index is 12.8. The molecular weight excluding hydrogens is 354 g/mol. The van der Waals surface area contributed by atoms with E-state index in [-0.39, 0.29) is 23.7 Å².